The lowest BCUT2D eigenvalue weighted by Crippen LogP contribution is -2.07. The molecule has 0 spiro atoms. The maximum absolute atomic E-state index is 13.2. The van der Waals surface area contributed by atoms with Gasteiger partial charge >= 0.3 is 0 Å². The molecule has 1 aromatic carbocycles. The molecule has 1 heterocycles. The third kappa shape index (κ3) is 2.65. The first kappa shape index (κ1) is 15.5. The van der Waals surface area contributed by atoms with Crippen molar-refractivity contribution in [3.63, 3.8) is 0 Å². The van der Waals surface area contributed by atoms with Gasteiger partial charge in [0.15, 0.2) is 11.5 Å². The highest BCUT2D eigenvalue weighted by Gasteiger charge is 2.34. The van der Waals surface area contributed by atoms with Crippen molar-refractivity contribution in [2.45, 2.75) is 30.1 Å². The van der Waals surface area contributed by atoms with Crippen molar-refractivity contribution < 1.29 is 18.1 Å². The molecule has 0 amide bonds. The van der Waals surface area contributed by atoms with Crippen LogP contribution in [0.5, 0.6) is 0 Å². The summed E-state index contributed by atoms with van der Waals surface area (Å²) in [5.74, 6) is 0.401. The quantitative estimate of drug-likeness (QED) is 0.560. The lowest BCUT2D eigenvalue weighted by molar-refractivity contribution is 0.103. The van der Waals surface area contributed by atoms with E-state index in [0.717, 1.165) is 24.6 Å². The number of hydrogen-bond acceptors (Lipinski definition) is 4. The molecule has 3 nitrogen and oxygen atoms in total. The van der Waals surface area contributed by atoms with Crippen LogP contribution in [0.2, 0.25) is 5.02 Å². The van der Waals surface area contributed by atoms with Crippen molar-refractivity contribution in [1.29, 1.82) is 0 Å². The van der Waals surface area contributed by atoms with E-state index in [9.17, 15) is 13.6 Å². The van der Waals surface area contributed by atoms with E-state index in [2.05, 4.69) is 5.16 Å². The fourth-order valence-corrected chi connectivity index (χ4v) is 3.48. The molecule has 0 atom stereocenters. The third-order valence-electron chi connectivity index (χ3n) is 3.60. The monoisotopic (exact) mass is 343 g/mol. The van der Waals surface area contributed by atoms with E-state index in [4.69, 9.17) is 16.1 Å². The highest BCUT2D eigenvalue weighted by atomic mass is 35.5. The van der Waals surface area contributed by atoms with Gasteiger partial charge < -0.3 is 4.52 Å². The fourth-order valence-electron chi connectivity index (χ4n) is 2.38. The molecule has 1 aliphatic rings. The average Bonchev–Trinajstić information content (AvgIpc) is 3.22. The van der Waals surface area contributed by atoms with Crippen molar-refractivity contribution in [3.8, 4) is 0 Å². The fraction of sp³-hybridized carbons (Fsp3) is 0.333. The summed E-state index contributed by atoms with van der Waals surface area (Å²) in [6.07, 6.45) is 2.16. The van der Waals surface area contributed by atoms with Gasteiger partial charge in [-0.05, 0) is 31.2 Å². The van der Waals surface area contributed by atoms with Crippen LogP contribution in [0, 0.1) is 0 Å². The Bertz CT molecular complexity index is 728. The van der Waals surface area contributed by atoms with Crippen LogP contribution in [-0.4, -0.2) is 17.2 Å². The second kappa shape index (κ2) is 6.01. The minimum atomic E-state index is -2.74. The van der Waals surface area contributed by atoms with Crippen LogP contribution in [0.15, 0.2) is 27.7 Å². The lowest BCUT2D eigenvalue weighted by Gasteiger charge is -2.13. The first-order valence-corrected chi connectivity index (χ1v) is 8.28. The molecule has 1 saturated carbocycles. The third-order valence-corrected chi connectivity index (χ3v) is 4.78. The molecule has 0 radical (unpaired) electrons. The van der Waals surface area contributed by atoms with Crippen molar-refractivity contribution in [3.05, 3.63) is 45.8 Å². The Balaban J connectivity index is 2.09. The predicted octanol–water partition coefficient (Wildman–Crippen LogP) is 5.10. The van der Waals surface area contributed by atoms with Crippen LogP contribution < -0.4 is 0 Å². The lowest BCUT2D eigenvalue weighted by atomic mass is 10.0. The van der Waals surface area contributed by atoms with Crippen LogP contribution in [-0.2, 0) is 0 Å². The van der Waals surface area contributed by atoms with E-state index in [1.165, 1.54) is 18.3 Å². The number of carbonyl (C=O) groups excluding carboxylic acids is 1. The topological polar surface area (TPSA) is 43.1 Å². The minimum absolute atomic E-state index is 0.0383. The molecule has 2 aromatic rings. The molecule has 1 fully saturated rings. The zero-order valence-corrected chi connectivity index (χ0v) is 13.2. The van der Waals surface area contributed by atoms with Gasteiger partial charge in [-0.1, -0.05) is 16.8 Å². The molecule has 0 unspecified atom stereocenters. The van der Waals surface area contributed by atoms with Crippen molar-refractivity contribution in [2.24, 2.45) is 0 Å². The first-order chi connectivity index (χ1) is 10.5. The molecule has 3 rings (SSSR count). The predicted molar refractivity (Wildman–Crippen MR) is 80.1 cm³/mol. The van der Waals surface area contributed by atoms with Crippen LogP contribution in [0.4, 0.5) is 8.78 Å². The van der Waals surface area contributed by atoms with E-state index in [1.807, 2.05) is 0 Å². The number of thioether (sulfide) groups is 1. The number of ketones is 1. The average molecular weight is 344 g/mol. The summed E-state index contributed by atoms with van der Waals surface area (Å²) < 4.78 is 31.6. The minimum Gasteiger partial charge on any atom is -0.360 e. The zero-order valence-electron chi connectivity index (χ0n) is 11.6. The Kier molecular flexibility index (Phi) is 4.23. The summed E-state index contributed by atoms with van der Waals surface area (Å²) >= 11 is 6.94. The van der Waals surface area contributed by atoms with Crippen molar-refractivity contribution in [1.82, 2.24) is 5.16 Å². The molecular weight excluding hydrogens is 332 g/mol. The number of nitrogens with zero attached hydrogens (tertiary/aromatic N) is 1. The Morgan fingerprint density at radius 1 is 1.41 bits per heavy atom. The van der Waals surface area contributed by atoms with Crippen LogP contribution >= 0.6 is 23.4 Å². The van der Waals surface area contributed by atoms with Crippen molar-refractivity contribution >= 4 is 29.1 Å². The normalized spacial score (nSPS) is 14.6. The summed E-state index contributed by atoms with van der Waals surface area (Å²) in [4.78, 5) is 12.9. The largest absolute Gasteiger partial charge is 0.360 e. The summed E-state index contributed by atoms with van der Waals surface area (Å²) in [6.45, 7) is 0. The Labute approximate surface area is 135 Å². The van der Waals surface area contributed by atoms with Gasteiger partial charge in [-0.3, -0.25) is 4.79 Å². The molecule has 0 saturated heterocycles. The Morgan fingerprint density at radius 2 is 2.14 bits per heavy atom. The van der Waals surface area contributed by atoms with Crippen LogP contribution in [0.1, 0.15) is 52.4 Å². The second-order valence-electron chi connectivity index (χ2n) is 5.05. The zero-order chi connectivity index (χ0) is 15.9. The molecule has 0 N–H and O–H groups in total. The van der Waals surface area contributed by atoms with E-state index in [1.54, 1.807) is 6.26 Å². The standard InChI is InChI=1S/C15H12ClF2NO2S/c1-22-14-8(4-5-10(16)11(14)15(17)18)12(20)9-6-19-21-13(9)7-2-3-7/h4-7,15H,2-3H2,1H3. The maximum atomic E-state index is 13.2. The highest BCUT2D eigenvalue weighted by Crippen LogP contribution is 2.43. The van der Waals surface area contributed by atoms with Gasteiger partial charge in [0.1, 0.15) is 0 Å². The number of hydrogen-bond donors (Lipinski definition) is 0. The molecule has 116 valence electrons. The Hall–Kier alpha value is -1.40. The number of alkyl halides is 2. The number of halogens is 3. The van der Waals surface area contributed by atoms with Crippen LogP contribution in [0.3, 0.4) is 0 Å². The van der Waals surface area contributed by atoms with Crippen LogP contribution in [0.25, 0.3) is 0 Å². The molecule has 1 aliphatic carbocycles. The van der Waals surface area contributed by atoms with E-state index >= 15 is 0 Å². The smallest absolute Gasteiger partial charge is 0.266 e. The molecule has 0 aliphatic heterocycles. The van der Waals surface area contributed by atoms with Gasteiger partial charge in [0.2, 0.25) is 0 Å². The van der Waals surface area contributed by atoms with E-state index in [0.29, 0.717) is 11.3 Å². The molecular formula is C15H12ClF2NO2S. The summed E-state index contributed by atoms with van der Waals surface area (Å²) in [5, 5.41) is 3.65. The number of carbonyl (C=O) groups is 1. The van der Waals surface area contributed by atoms with Gasteiger partial charge in [0, 0.05) is 16.4 Å². The molecule has 0 bridgehead atoms. The van der Waals surface area contributed by atoms with Crippen molar-refractivity contribution in [2.75, 3.05) is 6.26 Å². The van der Waals surface area contributed by atoms with E-state index < -0.39 is 6.43 Å². The van der Waals surface area contributed by atoms with Gasteiger partial charge in [-0.25, -0.2) is 8.78 Å². The molecule has 22 heavy (non-hydrogen) atoms. The van der Waals surface area contributed by atoms with Gasteiger partial charge in [0.05, 0.1) is 22.3 Å². The summed E-state index contributed by atoms with van der Waals surface area (Å²) in [7, 11) is 0. The van der Waals surface area contributed by atoms with Gasteiger partial charge in [0.25, 0.3) is 6.43 Å². The SMILES string of the molecule is CSc1c(C(=O)c2cnoc2C2CC2)ccc(Cl)c1C(F)F. The molecule has 7 heteroatoms. The van der Waals surface area contributed by atoms with Gasteiger partial charge in [-0.2, -0.15) is 0 Å². The van der Waals surface area contributed by atoms with Gasteiger partial charge in [-0.15, -0.1) is 11.8 Å². The number of benzene rings is 1. The highest BCUT2D eigenvalue weighted by molar-refractivity contribution is 7.98. The Morgan fingerprint density at radius 3 is 2.73 bits per heavy atom. The van der Waals surface area contributed by atoms with E-state index in [-0.39, 0.29) is 32.7 Å². The number of rotatable bonds is 5. The summed E-state index contributed by atoms with van der Waals surface area (Å²) in [6, 6.07) is 2.81. The maximum Gasteiger partial charge on any atom is 0.266 e. The first-order valence-electron chi connectivity index (χ1n) is 6.68. The summed E-state index contributed by atoms with van der Waals surface area (Å²) in [5.41, 5.74) is 0.252. The second-order valence-corrected chi connectivity index (χ2v) is 6.27. The molecule has 1 aromatic heterocycles. The number of aromatic nitrogens is 1.